The zero-order valence-electron chi connectivity index (χ0n) is 9.17. The molecule has 1 saturated heterocycles. The predicted molar refractivity (Wildman–Crippen MR) is 61.1 cm³/mol. The van der Waals surface area contributed by atoms with E-state index in [4.69, 9.17) is 17.0 Å². The van der Waals surface area contributed by atoms with E-state index in [9.17, 15) is 0 Å². The molecule has 1 N–H and O–H groups in total. The molecule has 2 fully saturated rings. The summed E-state index contributed by atoms with van der Waals surface area (Å²) in [4.78, 5) is 0. The van der Waals surface area contributed by atoms with E-state index >= 15 is 0 Å². The molecule has 0 radical (unpaired) electrons. The fourth-order valence-corrected chi connectivity index (χ4v) is 2.79. The number of hydrogen-bond acceptors (Lipinski definition) is 2. The minimum atomic E-state index is 0.417. The average Bonchev–Trinajstić information content (AvgIpc) is 2.45. The van der Waals surface area contributed by atoms with Gasteiger partial charge in [-0.25, -0.2) is 0 Å². The van der Waals surface area contributed by atoms with Gasteiger partial charge in [-0.15, -0.1) is 0 Å². The zero-order chi connectivity index (χ0) is 10.3. The van der Waals surface area contributed by atoms with Gasteiger partial charge in [0.25, 0.3) is 5.17 Å². The molecule has 0 aromatic carbocycles. The predicted octanol–water partition coefficient (Wildman–Crippen LogP) is 2.33. The fourth-order valence-electron chi connectivity index (χ4n) is 2.57. The fraction of sp³-hybridized carbons (Fsp3) is 0.909. The first-order chi connectivity index (χ1) is 6.47. The second-order valence-corrected chi connectivity index (χ2v) is 6.01. The number of nitrogens with one attached hydrogen (secondary N) is 1. The quantitative estimate of drug-likeness (QED) is 0.624. The van der Waals surface area contributed by atoms with Crippen molar-refractivity contribution in [2.24, 2.45) is 17.3 Å². The van der Waals surface area contributed by atoms with E-state index in [1.807, 2.05) is 0 Å². The van der Waals surface area contributed by atoms with Crippen molar-refractivity contribution in [2.45, 2.75) is 39.7 Å². The highest BCUT2D eigenvalue weighted by Crippen LogP contribution is 2.43. The van der Waals surface area contributed by atoms with E-state index in [1.54, 1.807) is 0 Å². The van der Waals surface area contributed by atoms with Gasteiger partial charge in [-0.1, -0.05) is 20.8 Å². The first kappa shape index (κ1) is 10.2. The Morgan fingerprint density at radius 1 is 1.36 bits per heavy atom. The first-order valence-electron chi connectivity index (χ1n) is 5.40. The Labute approximate surface area is 91.4 Å². The van der Waals surface area contributed by atoms with Crippen molar-refractivity contribution in [3.05, 3.63) is 0 Å². The van der Waals surface area contributed by atoms with E-state index in [0.717, 1.165) is 12.5 Å². The molecule has 0 amide bonds. The summed E-state index contributed by atoms with van der Waals surface area (Å²) in [7, 11) is 0. The highest BCUT2D eigenvalue weighted by Gasteiger charge is 2.42. The lowest BCUT2D eigenvalue weighted by Gasteiger charge is -2.27. The smallest absolute Gasteiger partial charge is 0.256 e. The molecule has 1 aliphatic heterocycles. The van der Waals surface area contributed by atoms with E-state index in [2.05, 4.69) is 26.1 Å². The van der Waals surface area contributed by atoms with Gasteiger partial charge in [-0.05, 0) is 36.4 Å². The van der Waals surface area contributed by atoms with Crippen LogP contribution in [0, 0.1) is 17.3 Å². The molecule has 0 bridgehead atoms. The molecular formula is C11H19NOS. The van der Waals surface area contributed by atoms with Gasteiger partial charge >= 0.3 is 0 Å². The monoisotopic (exact) mass is 213 g/mol. The third kappa shape index (κ3) is 1.88. The van der Waals surface area contributed by atoms with Crippen LogP contribution in [-0.2, 0) is 4.74 Å². The van der Waals surface area contributed by atoms with Crippen molar-refractivity contribution in [3.63, 3.8) is 0 Å². The SMILES string of the molecule is CC(C)(C)C1CC2COC(=S)NC2C1. The van der Waals surface area contributed by atoms with Gasteiger partial charge in [0, 0.05) is 12.0 Å². The van der Waals surface area contributed by atoms with E-state index in [0.29, 0.717) is 22.5 Å². The van der Waals surface area contributed by atoms with Crippen LogP contribution in [0.1, 0.15) is 33.6 Å². The van der Waals surface area contributed by atoms with Crippen LogP contribution >= 0.6 is 12.2 Å². The molecule has 80 valence electrons. The molecule has 1 heterocycles. The summed E-state index contributed by atoms with van der Waals surface area (Å²) in [5.74, 6) is 1.47. The Hall–Kier alpha value is -0.310. The zero-order valence-corrected chi connectivity index (χ0v) is 9.99. The Bertz CT molecular complexity index is 246. The lowest BCUT2D eigenvalue weighted by Crippen LogP contribution is -2.44. The number of ether oxygens (including phenoxy) is 1. The lowest BCUT2D eigenvalue weighted by atomic mass is 9.79. The molecule has 2 nitrogen and oxygen atoms in total. The van der Waals surface area contributed by atoms with Crippen molar-refractivity contribution in [1.82, 2.24) is 5.32 Å². The van der Waals surface area contributed by atoms with Crippen LogP contribution in [0.4, 0.5) is 0 Å². The van der Waals surface area contributed by atoms with Gasteiger partial charge in [0.2, 0.25) is 0 Å². The van der Waals surface area contributed by atoms with Crippen molar-refractivity contribution >= 4 is 17.4 Å². The van der Waals surface area contributed by atoms with Crippen molar-refractivity contribution in [2.75, 3.05) is 6.61 Å². The van der Waals surface area contributed by atoms with Crippen LogP contribution in [0.15, 0.2) is 0 Å². The molecule has 2 rings (SSSR count). The van der Waals surface area contributed by atoms with Gasteiger partial charge in [0.1, 0.15) is 0 Å². The maximum Gasteiger partial charge on any atom is 0.256 e. The molecule has 1 aliphatic carbocycles. The van der Waals surface area contributed by atoms with Crippen molar-refractivity contribution in [3.8, 4) is 0 Å². The highest BCUT2D eigenvalue weighted by atomic mass is 32.1. The number of rotatable bonds is 0. The molecule has 0 aromatic heterocycles. The molecule has 3 heteroatoms. The summed E-state index contributed by atoms with van der Waals surface area (Å²) < 4.78 is 5.37. The number of hydrogen-bond donors (Lipinski definition) is 1. The average molecular weight is 213 g/mol. The summed E-state index contributed by atoms with van der Waals surface area (Å²) in [6, 6.07) is 0.570. The van der Waals surface area contributed by atoms with Gasteiger partial charge in [0.05, 0.1) is 6.61 Å². The van der Waals surface area contributed by atoms with Crippen molar-refractivity contribution < 1.29 is 4.74 Å². The minimum absolute atomic E-state index is 0.417. The van der Waals surface area contributed by atoms with Crippen LogP contribution in [0.3, 0.4) is 0 Å². The van der Waals surface area contributed by atoms with E-state index in [-0.39, 0.29) is 0 Å². The van der Waals surface area contributed by atoms with Crippen LogP contribution in [0.2, 0.25) is 0 Å². The van der Waals surface area contributed by atoms with Crippen molar-refractivity contribution in [1.29, 1.82) is 0 Å². The standard InChI is InChI=1S/C11H19NOS/c1-11(2,3)8-4-7-6-13-10(14)12-9(7)5-8/h7-9H,4-6H2,1-3H3,(H,12,14). The molecule has 14 heavy (non-hydrogen) atoms. The summed E-state index contributed by atoms with van der Waals surface area (Å²) in [6.45, 7) is 7.81. The minimum Gasteiger partial charge on any atom is -0.471 e. The highest BCUT2D eigenvalue weighted by molar-refractivity contribution is 7.80. The number of fused-ring (bicyclic) bond motifs is 1. The third-order valence-electron chi connectivity index (χ3n) is 3.65. The Morgan fingerprint density at radius 2 is 2.07 bits per heavy atom. The summed E-state index contributed by atoms with van der Waals surface area (Å²) in [5.41, 5.74) is 0.417. The van der Waals surface area contributed by atoms with Gasteiger partial charge < -0.3 is 10.1 Å². The summed E-state index contributed by atoms with van der Waals surface area (Å²) in [6.07, 6.45) is 2.53. The maximum absolute atomic E-state index is 5.37. The van der Waals surface area contributed by atoms with Crippen LogP contribution < -0.4 is 5.32 Å². The second kappa shape index (κ2) is 3.37. The van der Waals surface area contributed by atoms with Gasteiger partial charge in [-0.3, -0.25) is 0 Å². The van der Waals surface area contributed by atoms with Crippen LogP contribution in [0.25, 0.3) is 0 Å². The third-order valence-corrected chi connectivity index (χ3v) is 3.89. The Kier molecular flexibility index (Phi) is 2.46. The van der Waals surface area contributed by atoms with Gasteiger partial charge in [0.15, 0.2) is 0 Å². The second-order valence-electron chi connectivity index (χ2n) is 5.64. The van der Waals surface area contributed by atoms with Gasteiger partial charge in [-0.2, -0.15) is 0 Å². The summed E-state index contributed by atoms with van der Waals surface area (Å²) in [5, 5.41) is 3.89. The van der Waals surface area contributed by atoms with Crippen LogP contribution in [-0.4, -0.2) is 17.8 Å². The van der Waals surface area contributed by atoms with E-state index < -0.39 is 0 Å². The molecule has 2 aliphatic rings. The normalized spacial score (nSPS) is 37.4. The first-order valence-corrected chi connectivity index (χ1v) is 5.81. The molecule has 0 aromatic rings. The summed E-state index contributed by atoms with van der Waals surface area (Å²) >= 11 is 5.03. The molecule has 1 saturated carbocycles. The van der Waals surface area contributed by atoms with Crippen LogP contribution in [0.5, 0.6) is 0 Å². The lowest BCUT2D eigenvalue weighted by molar-refractivity contribution is 0.175. The topological polar surface area (TPSA) is 21.3 Å². The Balaban J connectivity index is 2.02. The number of thiocarbonyl (C=S) groups is 1. The molecule has 3 atom stereocenters. The Morgan fingerprint density at radius 3 is 2.71 bits per heavy atom. The molecule has 3 unspecified atom stereocenters. The maximum atomic E-state index is 5.37. The largest absolute Gasteiger partial charge is 0.471 e. The molecule has 0 spiro atoms. The van der Waals surface area contributed by atoms with E-state index in [1.165, 1.54) is 12.8 Å². The molecular weight excluding hydrogens is 194 g/mol.